The quantitative estimate of drug-likeness (QED) is 0.694. The molecule has 152 valence electrons. The van der Waals surface area contributed by atoms with Crippen molar-refractivity contribution in [2.24, 2.45) is 0 Å². The Balaban J connectivity index is 1.54. The second-order valence-corrected chi connectivity index (χ2v) is 7.22. The number of ether oxygens (including phenoxy) is 2. The van der Waals surface area contributed by atoms with E-state index >= 15 is 0 Å². The van der Waals surface area contributed by atoms with Gasteiger partial charge >= 0.3 is 0 Å². The molecule has 30 heavy (non-hydrogen) atoms. The third-order valence-corrected chi connectivity index (χ3v) is 5.02. The summed E-state index contributed by atoms with van der Waals surface area (Å²) < 4.78 is 11.1. The minimum Gasteiger partial charge on any atom is -0.497 e. The Morgan fingerprint density at radius 3 is 2.50 bits per heavy atom. The van der Waals surface area contributed by atoms with Crippen LogP contribution in [0.2, 0.25) is 0 Å². The highest BCUT2D eigenvalue weighted by molar-refractivity contribution is 6.10. The third kappa shape index (κ3) is 3.85. The van der Waals surface area contributed by atoms with Gasteiger partial charge < -0.3 is 19.7 Å². The first-order chi connectivity index (χ1) is 14.4. The summed E-state index contributed by atoms with van der Waals surface area (Å²) in [5.41, 5.74) is 3.55. The number of nitrogens with zero attached hydrogens (tertiary/aromatic N) is 1. The van der Waals surface area contributed by atoms with E-state index < -0.39 is 0 Å². The van der Waals surface area contributed by atoms with Crippen LogP contribution in [0.4, 0.5) is 11.4 Å². The molecule has 6 nitrogen and oxygen atoms in total. The molecule has 0 aromatic heterocycles. The van der Waals surface area contributed by atoms with E-state index in [-0.39, 0.29) is 18.2 Å². The molecule has 0 bridgehead atoms. The van der Waals surface area contributed by atoms with Crippen LogP contribution in [0.1, 0.15) is 21.5 Å². The van der Waals surface area contributed by atoms with Gasteiger partial charge in [-0.25, -0.2) is 0 Å². The third-order valence-electron chi connectivity index (χ3n) is 5.02. The van der Waals surface area contributed by atoms with E-state index in [0.29, 0.717) is 28.4 Å². The maximum absolute atomic E-state index is 13.0. The Hall–Kier alpha value is -3.80. The van der Waals surface area contributed by atoms with Gasteiger partial charge in [-0.2, -0.15) is 0 Å². The highest BCUT2D eigenvalue weighted by atomic mass is 16.5. The van der Waals surface area contributed by atoms with E-state index in [0.717, 1.165) is 16.9 Å². The number of hydrogen-bond acceptors (Lipinski definition) is 4. The molecule has 0 saturated carbocycles. The van der Waals surface area contributed by atoms with Crippen LogP contribution < -0.4 is 19.7 Å². The molecule has 1 N–H and O–H groups in total. The molecule has 0 atom stereocenters. The van der Waals surface area contributed by atoms with E-state index in [4.69, 9.17) is 9.47 Å². The van der Waals surface area contributed by atoms with Crippen LogP contribution in [0.15, 0.2) is 60.7 Å². The van der Waals surface area contributed by atoms with Gasteiger partial charge in [0.1, 0.15) is 11.5 Å². The summed E-state index contributed by atoms with van der Waals surface area (Å²) in [5.74, 6) is 1.45. The van der Waals surface area contributed by atoms with Gasteiger partial charge in [-0.3, -0.25) is 9.59 Å². The number of hydrogen-bond donors (Lipinski definition) is 1. The van der Waals surface area contributed by atoms with Crippen molar-refractivity contribution >= 4 is 23.2 Å². The first-order valence-electron chi connectivity index (χ1n) is 9.58. The summed E-state index contributed by atoms with van der Waals surface area (Å²) in [6.45, 7) is 1.97. The van der Waals surface area contributed by atoms with Gasteiger partial charge in [0.25, 0.3) is 5.91 Å². The van der Waals surface area contributed by atoms with Crippen molar-refractivity contribution in [3.8, 4) is 17.2 Å². The molecule has 3 aromatic carbocycles. The molecule has 0 saturated heterocycles. The fourth-order valence-corrected chi connectivity index (χ4v) is 3.38. The molecule has 0 radical (unpaired) electrons. The van der Waals surface area contributed by atoms with Gasteiger partial charge in [0, 0.05) is 12.7 Å². The summed E-state index contributed by atoms with van der Waals surface area (Å²) >= 11 is 0. The number of rotatable bonds is 4. The number of aryl methyl sites for hydroxylation is 1. The van der Waals surface area contributed by atoms with E-state index in [2.05, 4.69) is 5.32 Å². The minimum atomic E-state index is -0.194. The smallest absolute Gasteiger partial charge is 0.261 e. The van der Waals surface area contributed by atoms with Crippen molar-refractivity contribution in [3.05, 3.63) is 77.4 Å². The van der Waals surface area contributed by atoms with Gasteiger partial charge in [0.05, 0.1) is 24.8 Å². The molecule has 4 rings (SSSR count). The van der Waals surface area contributed by atoms with Crippen LogP contribution in [0.25, 0.3) is 0 Å². The summed E-state index contributed by atoms with van der Waals surface area (Å²) in [6.07, 6.45) is 0.218. The van der Waals surface area contributed by atoms with Gasteiger partial charge in [-0.05, 0) is 60.5 Å². The number of nitrogens with one attached hydrogen (secondary N) is 1. The van der Waals surface area contributed by atoms with Gasteiger partial charge in [-0.15, -0.1) is 0 Å². The molecule has 0 fully saturated rings. The highest BCUT2D eigenvalue weighted by Crippen LogP contribution is 2.39. The first kappa shape index (κ1) is 19.5. The van der Waals surface area contributed by atoms with Crippen molar-refractivity contribution in [1.29, 1.82) is 0 Å². The Labute approximate surface area is 175 Å². The van der Waals surface area contributed by atoms with Crippen LogP contribution in [0.3, 0.4) is 0 Å². The van der Waals surface area contributed by atoms with Crippen molar-refractivity contribution in [1.82, 2.24) is 0 Å². The molecule has 6 heteroatoms. The SMILES string of the molecule is COc1ccc(CC(=O)Nc2ccc3c(c2)C(=O)N(C)c2cc(C)ccc2O3)cc1. The lowest BCUT2D eigenvalue weighted by molar-refractivity contribution is -0.115. The molecule has 1 aliphatic heterocycles. The molecular formula is C24H22N2O4. The number of amides is 2. The predicted octanol–water partition coefficient (Wildman–Crippen LogP) is 4.57. The van der Waals surface area contributed by atoms with E-state index in [1.54, 1.807) is 37.3 Å². The highest BCUT2D eigenvalue weighted by Gasteiger charge is 2.26. The Kier molecular flexibility index (Phi) is 5.14. The summed E-state index contributed by atoms with van der Waals surface area (Å²) in [5, 5.41) is 2.86. The normalized spacial score (nSPS) is 12.4. The van der Waals surface area contributed by atoms with Crippen LogP contribution >= 0.6 is 0 Å². The topological polar surface area (TPSA) is 67.9 Å². The maximum atomic E-state index is 13.0. The number of methoxy groups -OCH3 is 1. The maximum Gasteiger partial charge on any atom is 0.261 e. The Morgan fingerprint density at radius 1 is 1.03 bits per heavy atom. The summed E-state index contributed by atoms with van der Waals surface area (Å²) in [7, 11) is 3.32. The molecule has 0 unspecified atom stereocenters. The summed E-state index contributed by atoms with van der Waals surface area (Å²) in [6, 6.07) is 18.1. The molecule has 0 spiro atoms. The molecule has 1 aliphatic rings. The van der Waals surface area contributed by atoms with E-state index in [1.807, 2.05) is 49.4 Å². The van der Waals surface area contributed by atoms with Crippen LogP contribution in [0.5, 0.6) is 17.2 Å². The lowest BCUT2D eigenvalue weighted by atomic mass is 10.1. The zero-order chi connectivity index (χ0) is 21.3. The second kappa shape index (κ2) is 7.91. The number of carbonyl (C=O) groups excluding carboxylic acids is 2. The van der Waals surface area contributed by atoms with Crippen molar-refractivity contribution < 1.29 is 19.1 Å². The molecule has 1 heterocycles. The van der Waals surface area contributed by atoms with Crippen molar-refractivity contribution in [2.75, 3.05) is 24.4 Å². The largest absolute Gasteiger partial charge is 0.497 e. The summed E-state index contributed by atoms with van der Waals surface area (Å²) in [4.78, 5) is 27.1. The first-order valence-corrected chi connectivity index (χ1v) is 9.58. The van der Waals surface area contributed by atoms with E-state index in [1.165, 1.54) is 0 Å². The zero-order valence-electron chi connectivity index (χ0n) is 17.1. The Bertz CT molecular complexity index is 1120. The minimum absolute atomic E-state index is 0.172. The van der Waals surface area contributed by atoms with Crippen molar-refractivity contribution in [3.63, 3.8) is 0 Å². The van der Waals surface area contributed by atoms with Crippen LogP contribution in [-0.2, 0) is 11.2 Å². The van der Waals surface area contributed by atoms with Crippen LogP contribution in [-0.4, -0.2) is 26.0 Å². The zero-order valence-corrected chi connectivity index (χ0v) is 17.1. The van der Waals surface area contributed by atoms with Crippen molar-refractivity contribution in [2.45, 2.75) is 13.3 Å². The number of benzene rings is 3. The van der Waals surface area contributed by atoms with Gasteiger partial charge in [0.15, 0.2) is 5.75 Å². The fraction of sp³-hybridized carbons (Fsp3) is 0.167. The Morgan fingerprint density at radius 2 is 1.77 bits per heavy atom. The van der Waals surface area contributed by atoms with Gasteiger partial charge in [-0.1, -0.05) is 18.2 Å². The molecule has 3 aromatic rings. The molecular weight excluding hydrogens is 380 g/mol. The average molecular weight is 402 g/mol. The van der Waals surface area contributed by atoms with Crippen LogP contribution in [0, 0.1) is 6.92 Å². The number of anilines is 2. The standard InChI is InChI=1S/C24H22N2O4/c1-15-4-10-22-20(12-15)26(2)24(28)19-14-17(7-11-21(19)30-22)25-23(27)13-16-5-8-18(29-3)9-6-16/h4-12,14H,13H2,1-3H3,(H,25,27). The van der Waals surface area contributed by atoms with E-state index in [9.17, 15) is 9.59 Å². The monoisotopic (exact) mass is 402 g/mol. The molecule has 2 amide bonds. The average Bonchev–Trinajstić information content (AvgIpc) is 2.84. The second-order valence-electron chi connectivity index (χ2n) is 7.22. The van der Waals surface area contributed by atoms with Gasteiger partial charge in [0.2, 0.25) is 5.91 Å². The fourth-order valence-electron chi connectivity index (χ4n) is 3.38. The number of fused-ring (bicyclic) bond motifs is 2. The lowest BCUT2D eigenvalue weighted by Crippen LogP contribution is -2.25. The lowest BCUT2D eigenvalue weighted by Gasteiger charge is -2.16. The molecule has 0 aliphatic carbocycles. The predicted molar refractivity (Wildman–Crippen MR) is 116 cm³/mol. The number of carbonyl (C=O) groups is 2.